The minimum absolute atomic E-state index is 0.597. The Morgan fingerprint density at radius 3 is 2.17 bits per heavy atom. The van der Waals surface area contributed by atoms with Crippen LogP contribution in [0.15, 0.2) is 0 Å². The highest BCUT2D eigenvalue weighted by Gasteiger charge is 2.44. The van der Waals surface area contributed by atoms with Gasteiger partial charge in [-0.3, -0.25) is 0 Å². The van der Waals surface area contributed by atoms with Crippen molar-refractivity contribution >= 4 is 0 Å². The van der Waals surface area contributed by atoms with Crippen LogP contribution in [0.3, 0.4) is 0 Å². The van der Waals surface area contributed by atoms with E-state index in [1.165, 1.54) is 70.6 Å². The van der Waals surface area contributed by atoms with E-state index in [9.17, 15) is 0 Å². The van der Waals surface area contributed by atoms with Gasteiger partial charge in [0.15, 0.2) is 0 Å². The number of hydrogen-bond donors (Lipinski definition) is 0. The number of unbranched alkanes of at least 4 members (excludes halogenated alkanes) is 3. The summed E-state index contributed by atoms with van der Waals surface area (Å²) >= 11 is 0. The first kappa shape index (κ1) is 18.7. The standard InChI is InChI=1S/C23H42O/c1-3-5-7-8-18-9-13-22-19(16-18)10-11-20-17-21(12-14-23(20)22)24-15-6-4-2/h18-23H,3-17H2,1-2H3. The Balaban J connectivity index is 1.45. The molecule has 0 aromatic heterocycles. The SMILES string of the molecule is CCCCCC1CCC2C(CCC3CC(OCCCC)CCC32)C1. The lowest BCUT2D eigenvalue weighted by atomic mass is 9.56. The van der Waals surface area contributed by atoms with Gasteiger partial charge in [0.25, 0.3) is 0 Å². The van der Waals surface area contributed by atoms with Crippen molar-refractivity contribution in [3.63, 3.8) is 0 Å². The molecule has 0 bridgehead atoms. The van der Waals surface area contributed by atoms with Gasteiger partial charge in [0.2, 0.25) is 0 Å². The molecule has 1 nitrogen and oxygen atoms in total. The van der Waals surface area contributed by atoms with E-state index >= 15 is 0 Å². The van der Waals surface area contributed by atoms with Gasteiger partial charge in [-0.15, -0.1) is 0 Å². The lowest BCUT2D eigenvalue weighted by Crippen LogP contribution is -2.42. The lowest BCUT2D eigenvalue weighted by Gasteiger charge is -2.50. The van der Waals surface area contributed by atoms with Crippen molar-refractivity contribution in [3.05, 3.63) is 0 Å². The summed E-state index contributed by atoms with van der Waals surface area (Å²) in [6.45, 7) is 5.60. The van der Waals surface area contributed by atoms with Crippen molar-refractivity contribution in [2.75, 3.05) is 6.61 Å². The number of fused-ring (bicyclic) bond motifs is 3. The summed E-state index contributed by atoms with van der Waals surface area (Å²) in [5, 5.41) is 0. The summed E-state index contributed by atoms with van der Waals surface area (Å²) in [6.07, 6.45) is 20.9. The molecule has 0 saturated heterocycles. The third-order valence-corrected chi connectivity index (χ3v) is 7.67. The Morgan fingerprint density at radius 2 is 1.42 bits per heavy atom. The molecule has 0 aromatic rings. The van der Waals surface area contributed by atoms with Crippen molar-refractivity contribution in [1.82, 2.24) is 0 Å². The highest BCUT2D eigenvalue weighted by molar-refractivity contribution is 4.94. The smallest absolute Gasteiger partial charge is 0.0578 e. The van der Waals surface area contributed by atoms with Gasteiger partial charge in [-0.2, -0.15) is 0 Å². The van der Waals surface area contributed by atoms with Crippen LogP contribution >= 0.6 is 0 Å². The summed E-state index contributed by atoms with van der Waals surface area (Å²) in [5.74, 6) is 5.31. The molecule has 0 aromatic carbocycles. The first-order valence-corrected chi connectivity index (χ1v) is 11.4. The maximum absolute atomic E-state index is 6.18. The fourth-order valence-electron chi connectivity index (χ4n) is 6.34. The highest BCUT2D eigenvalue weighted by Crippen LogP contribution is 2.53. The molecule has 3 fully saturated rings. The molecular formula is C23H42O. The lowest BCUT2D eigenvalue weighted by molar-refractivity contribution is -0.0537. The Bertz CT molecular complexity index is 318. The van der Waals surface area contributed by atoms with Crippen molar-refractivity contribution in [2.45, 2.75) is 110 Å². The number of rotatable bonds is 8. The fraction of sp³-hybridized carbons (Fsp3) is 1.00. The third-order valence-electron chi connectivity index (χ3n) is 7.67. The molecule has 0 N–H and O–H groups in total. The average molecular weight is 335 g/mol. The highest BCUT2D eigenvalue weighted by atomic mass is 16.5. The molecule has 1 heteroatoms. The van der Waals surface area contributed by atoms with E-state index in [0.29, 0.717) is 6.10 Å². The molecule has 6 unspecified atom stereocenters. The van der Waals surface area contributed by atoms with Gasteiger partial charge in [-0.1, -0.05) is 52.4 Å². The van der Waals surface area contributed by atoms with Crippen LogP contribution in [0.25, 0.3) is 0 Å². The molecule has 140 valence electrons. The van der Waals surface area contributed by atoms with E-state index in [2.05, 4.69) is 13.8 Å². The van der Waals surface area contributed by atoms with E-state index in [0.717, 1.165) is 36.2 Å². The van der Waals surface area contributed by atoms with E-state index in [4.69, 9.17) is 4.74 Å². The van der Waals surface area contributed by atoms with Crippen molar-refractivity contribution in [1.29, 1.82) is 0 Å². The Labute approximate surface area is 151 Å². The van der Waals surface area contributed by atoms with Gasteiger partial charge in [0.1, 0.15) is 0 Å². The zero-order valence-corrected chi connectivity index (χ0v) is 16.5. The van der Waals surface area contributed by atoms with E-state index < -0.39 is 0 Å². The Kier molecular flexibility index (Phi) is 7.50. The summed E-state index contributed by atoms with van der Waals surface area (Å²) in [4.78, 5) is 0. The van der Waals surface area contributed by atoms with E-state index in [1.807, 2.05) is 0 Å². The van der Waals surface area contributed by atoms with Gasteiger partial charge in [0, 0.05) is 6.61 Å². The molecule has 0 spiro atoms. The van der Waals surface area contributed by atoms with Crippen LogP contribution in [0.2, 0.25) is 0 Å². The van der Waals surface area contributed by atoms with Crippen molar-refractivity contribution in [2.24, 2.45) is 29.6 Å². The molecule has 0 aliphatic heterocycles. The number of hydrogen-bond acceptors (Lipinski definition) is 1. The van der Waals surface area contributed by atoms with Gasteiger partial charge in [0.05, 0.1) is 6.10 Å². The van der Waals surface area contributed by atoms with Crippen LogP contribution in [0.4, 0.5) is 0 Å². The van der Waals surface area contributed by atoms with Crippen LogP contribution < -0.4 is 0 Å². The quantitative estimate of drug-likeness (QED) is 0.434. The first-order valence-electron chi connectivity index (χ1n) is 11.4. The van der Waals surface area contributed by atoms with Gasteiger partial charge < -0.3 is 4.74 Å². The van der Waals surface area contributed by atoms with Gasteiger partial charge in [-0.05, 0) is 81.0 Å². The minimum atomic E-state index is 0.597. The maximum atomic E-state index is 6.18. The predicted molar refractivity (Wildman–Crippen MR) is 103 cm³/mol. The van der Waals surface area contributed by atoms with Crippen LogP contribution in [0.1, 0.15) is 104 Å². The average Bonchev–Trinajstić information content (AvgIpc) is 2.62. The molecule has 0 radical (unpaired) electrons. The monoisotopic (exact) mass is 334 g/mol. The van der Waals surface area contributed by atoms with Crippen LogP contribution in [-0.4, -0.2) is 12.7 Å². The zero-order chi connectivity index (χ0) is 16.8. The molecule has 24 heavy (non-hydrogen) atoms. The Hall–Kier alpha value is -0.0400. The molecule has 3 aliphatic rings. The molecule has 3 rings (SSSR count). The number of ether oxygens (including phenoxy) is 1. The normalized spacial score (nSPS) is 39.2. The molecular weight excluding hydrogens is 292 g/mol. The largest absolute Gasteiger partial charge is 0.378 e. The summed E-state index contributed by atoms with van der Waals surface area (Å²) in [6, 6.07) is 0. The Morgan fingerprint density at radius 1 is 0.708 bits per heavy atom. The van der Waals surface area contributed by atoms with Crippen LogP contribution in [-0.2, 0) is 4.74 Å². The van der Waals surface area contributed by atoms with Crippen LogP contribution in [0.5, 0.6) is 0 Å². The predicted octanol–water partition coefficient (Wildman–Crippen LogP) is 6.99. The minimum Gasteiger partial charge on any atom is -0.378 e. The van der Waals surface area contributed by atoms with Crippen molar-refractivity contribution < 1.29 is 4.74 Å². The molecule has 0 amide bonds. The topological polar surface area (TPSA) is 9.23 Å². The third kappa shape index (κ3) is 4.77. The van der Waals surface area contributed by atoms with Gasteiger partial charge >= 0.3 is 0 Å². The summed E-state index contributed by atoms with van der Waals surface area (Å²) in [5.41, 5.74) is 0. The van der Waals surface area contributed by atoms with E-state index in [1.54, 1.807) is 19.3 Å². The molecule has 3 aliphatic carbocycles. The van der Waals surface area contributed by atoms with Crippen LogP contribution in [0, 0.1) is 29.6 Å². The fourth-order valence-corrected chi connectivity index (χ4v) is 6.34. The van der Waals surface area contributed by atoms with E-state index in [-0.39, 0.29) is 0 Å². The molecule has 0 heterocycles. The second-order valence-electron chi connectivity index (χ2n) is 9.26. The molecule has 6 atom stereocenters. The first-order chi connectivity index (χ1) is 11.8. The summed E-state index contributed by atoms with van der Waals surface area (Å²) < 4.78 is 6.18. The molecule has 3 saturated carbocycles. The second-order valence-corrected chi connectivity index (χ2v) is 9.26. The van der Waals surface area contributed by atoms with Crippen molar-refractivity contribution in [3.8, 4) is 0 Å². The zero-order valence-electron chi connectivity index (χ0n) is 16.5. The van der Waals surface area contributed by atoms with Gasteiger partial charge in [-0.25, -0.2) is 0 Å². The summed E-state index contributed by atoms with van der Waals surface area (Å²) in [7, 11) is 0. The second kappa shape index (κ2) is 9.60. The maximum Gasteiger partial charge on any atom is 0.0578 e.